The molecule has 0 fully saturated rings. The molecule has 0 aliphatic heterocycles. The Bertz CT molecular complexity index is 2900. The van der Waals surface area contributed by atoms with Gasteiger partial charge in [-0.3, -0.25) is 0 Å². The fourth-order valence-electron chi connectivity index (χ4n) is 7.51. The van der Waals surface area contributed by atoms with E-state index < -0.39 is 13.8 Å². The SMILES string of the molecule is [2H]C([2H])([2H])c1cc(-n2c3[c-]c(Oc4[c-]c(-n5[c](=[Pt])n(C([2H])([2H])[2H])c6ccccc65)ccc4)ccc3c3cc4c(cc32)C(C)(C)CCC4)ncc1-c1ccccc1. The van der Waals surface area contributed by atoms with Crippen LogP contribution >= 0.6 is 0 Å². The van der Waals surface area contributed by atoms with Crippen LogP contribution in [0.2, 0.25) is 0 Å². The Morgan fingerprint density at radius 1 is 0.820 bits per heavy atom. The first kappa shape index (κ1) is 25.0. The molecule has 0 unspecified atom stereocenters. The summed E-state index contributed by atoms with van der Waals surface area (Å²) in [6, 6.07) is 39.4. The van der Waals surface area contributed by atoms with Crippen LogP contribution in [-0.4, -0.2) is 18.7 Å². The summed E-state index contributed by atoms with van der Waals surface area (Å²) < 4.78 is 62.5. The normalized spacial score (nSPS) is 16.3. The van der Waals surface area contributed by atoms with Crippen molar-refractivity contribution in [3.8, 4) is 34.1 Å². The van der Waals surface area contributed by atoms with Gasteiger partial charge < -0.3 is 0 Å². The predicted octanol–water partition coefficient (Wildman–Crippen LogP) is 10.5. The minimum atomic E-state index is -2.40. The summed E-state index contributed by atoms with van der Waals surface area (Å²) in [6.45, 7) is -0.207. The third-order valence-electron chi connectivity index (χ3n) is 9.97. The number of pyridine rings is 1. The molecule has 9 rings (SSSR count). The van der Waals surface area contributed by atoms with Crippen LogP contribution in [-0.2, 0) is 38.2 Å². The van der Waals surface area contributed by atoms with Gasteiger partial charge in [-0.05, 0) is 53.8 Å². The Balaban J connectivity index is 1.21. The molecule has 50 heavy (non-hydrogen) atoms. The number of para-hydroxylation sites is 2. The average Bonchev–Trinajstić information content (AvgIpc) is 3.64. The molecule has 1 aliphatic rings. The van der Waals surface area contributed by atoms with Crippen LogP contribution in [0.5, 0.6) is 11.5 Å². The van der Waals surface area contributed by atoms with Crippen LogP contribution in [0.3, 0.4) is 0 Å². The van der Waals surface area contributed by atoms with Crippen molar-refractivity contribution in [3.63, 3.8) is 0 Å². The van der Waals surface area contributed by atoms with Crippen molar-refractivity contribution in [3.05, 3.63) is 142 Å². The van der Waals surface area contributed by atoms with Crippen molar-refractivity contribution in [1.29, 1.82) is 0 Å². The van der Waals surface area contributed by atoms with Gasteiger partial charge in [-0.2, -0.15) is 0 Å². The van der Waals surface area contributed by atoms with E-state index >= 15 is 0 Å². The quantitative estimate of drug-likeness (QED) is 0.162. The molecule has 0 radical (unpaired) electrons. The monoisotopic (exact) mass is 837 g/mol. The fourth-order valence-corrected chi connectivity index (χ4v) is 8.33. The molecule has 1 aliphatic carbocycles. The van der Waals surface area contributed by atoms with E-state index in [0.29, 0.717) is 43.4 Å². The van der Waals surface area contributed by atoms with Gasteiger partial charge in [0, 0.05) is 15.9 Å². The molecule has 5 nitrogen and oxygen atoms in total. The molecule has 0 spiro atoms. The third kappa shape index (κ3) is 5.02. The van der Waals surface area contributed by atoms with Gasteiger partial charge in [0.25, 0.3) is 0 Å². The van der Waals surface area contributed by atoms with Gasteiger partial charge in [0.1, 0.15) is 0 Å². The van der Waals surface area contributed by atoms with Crippen molar-refractivity contribution in [1.82, 2.24) is 18.7 Å². The standard InChI is InChI=1S/C44H36N4O.Pt/c1-29-22-43(45-27-37(29)30-12-6-5-7-13-30)48-41-25-34(19-20-35(41)36-23-31-14-11-21-44(2,3)38(31)26-42(36)48)49-33-16-10-15-32(24-33)47-28-46(4)39-17-8-9-18-40(39)47;/h5-10,12-13,15-20,22-23,26-27H,11,14,21H2,1-4H3;/q-2;/i1D3,4D3;. The van der Waals surface area contributed by atoms with Gasteiger partial charge in [0.2, 0.25) is 0 Å². The number of ether oxygens (including phenoxy) is 1. The first-order valence-electron chi connectivity index (χ1n) is 19.7. The number of nitrogens with zero attached hydrogens (tertiary/aromatic N) is 4. The number of benzene rings is 5. The molecule has 0 atom stereocenters. The molecule has 8 aromatic rings. The van der Waals surface area contributed by atoms with Crippen molar-refractivity contribution in [2.75, 3.05) is 0 Å². The Kier molecular flexibility index (Phi) is 5.92. The number of aryl methyl sites for hydroxylation is 3. The molecular formula is C44H36N4OPt-2. The second-order valence-electron chi connectivity index (χ2n) is 13.5. The van der Waals surface area contributed by atoms with Gasteiger partial charge in [-0.25, -0.2) is 0 Å². The van der Waals surface area contributed by atoms with Crippen LogP contribution in [0.1, 0.15) is 51.6 Å². The van der Waals surface area contributed by atoms with Crippen molar-refractivity contribution >= 4 is 32.8 Å². The zero-order chi connectivity index (χ0) is 39.1. The Morgan fingerprint density at radius 2 is 1.64 bits per heavy atom. The van der Waals surface area contributed by atoms with Crippen LogP contribution in [0.25, 0.3) is 55.5 Å². The van der Waals surface area contributed by atoms with Crippen LogP contribution in [0, 0.1) is 22.8 Å². The van der Waals surface area contributed by atoms with Crippen molar-refractivity contribution in [2.24, 2.45) is 6.98 Å². The molecule has 3 aromatic heterocycles. The van der Waals surface area contributed by atoms with E-state index in [-0.39, 0.29) is 11.0 Å². The Morgan fingerprint density at radius 3 is 2.48 bits per heavy atom. The molecule has 3 heterocycles. The summed E-state index contributed by atoms with van der Waals surface area (Å²) in [4.78, 5) is 4.93. The molecule has 0 bridgehead atoms. The molecule has 0 N–H and O–H groups in total. The average molecular weight is 838 g/mol. The molecule has 0 amide bonds. The summed E-state index contributed by atoms with van der Waals surface area (Å²) >= 11 is 2.05. The summed E-state index contributed by atoms with van der Waals surface area (Å²) in [5, 5.41) is 1.98. The molecule has 0 saturated heterocycles. The molecule has 0 saturated carbocycles. The smallest absolute Gasteiger partial charge is 0.0622 e. The molecule has 5 aromatic carbocycles. The maximum absolute atomic E-state index is 8.55. The summed E-state index contributed by atoms with van der Waals surface area (Å²) in [7, 11) is 0. The van der Waals surface area contributed by atoms with E-state index in [1.54, 1.807) is 24.4 Å². The minimum Gasteiger partial charge on any atom is -0.0622 e. The third-order valence-corrected chi connectivity index (χ3v) is 11.0. The zero-order valence-electron chi connectivity index (χ0n) is 33.5. The second kappa shape index (κ2) is 11.8. The van der Waals surface area contributed by atoms with Gasteiger partial charge in [0.15, 0.2) is 0 Å². The zero-order valence-corrected chi connectivity index (χ0v) is 29.8. The van der Waals surface area contributed by atoms with E-state index in [2.05, 4.69) is 38.1 Å². The van der Waals surface area contributed by atoms with E-state index in [0.717, 1.165) is 46.6 Å². The number of hydrogen-bond donors (Lipinski definition) is 0. The van der Waals surface area contributed by atoms with Gasteiger partial charge >= 0.3 is 198 Å². The molecule has 6 heteroatoms. The number of fused-ring (bicyclic) bond motifs is 5. The number of rotatable bonds is 5. The number of aromatic nitrogens is 4. The first-order valence-corrected chi connectivity index (χ1v) is 17.8. The molecule has 250 valence electrons. The Hall–Kier alpha value is -4.99. The van der Waals surface area contributed by atoms with E-state index in [1.165, 1.54) is 15.7 Å². The van der Waals surface area contributed by atoms with Crippen molar-refractivity contribution in [2.45, 2.75) is 45.4 Å². The second-order valence-corrected chi connectivity index (χ2v) is 14.6. The van der Waals surface area contributed by atoms with Crippen LogP contribution in [0.15, 0.2) is 109 Å². The van der Waals surface area contributed by atoms with E-state index in [1.807, 2.05) is 101 Å². The molecular weight excluding hydrogens is 796 g/mol. The summed E-state index contributed by atoms with van der Waals surface area (Å²) in [6.07, 6.45) is 4.85. The summed E-state index contributed by atoms with van der Waals surface area (Å²) in [5.74, 6) is 1.33. The Labute approximate surface area is 311 Å². The summed E-state index contributed by atoms with van der Waals surface area (Å²) in [5.41, 5.74) is 7.70. The number of imidazole rings is 1. The first-order chi connectivity index (χ1) is 26.7. The van der Waals surface area contributed by atoms with Crippen LogP contribution in [0.4, 0.5) is 0 Å². The van der Waals surface area contributed by atoms with Gasteiger partial charge in [-0.1, -0.05) is 44.2 Å². The van der Waals surface area contributed by atoms with Gasteiger partial charge in [0.05, 0.1) is 0 Å². The van der Waals surface area contributed by atoms with E-state index in [4.69, 9.17) is 17.9 Å². The maximum atomic E-state index is 8.55. The topological polar surface area (TPSA) is 36.9 Å². The van der Waals surface area contributed by atoms with E-state index in [9.17, 15) is 0 Å². The van der Waals surface area contributed by atoms with Gasteiger partial charge in [-0.15, -0.1) is 0 Å². The van der Waals surface area contributed by atoms with Crippen LogP contribution < -0.4 is 4.74 Å². The van der Waals surface area contributed by atoms with Crippen molar-refractivity contribution < 1.29 is 32.3 Å². The predicted molar refractivity (Wildman–Crippen MR) is 198 cm³/mol. The minimum absolute atomic E-state index is 0.0258. The fraction of sp³-hybridized carbons (Fsp3) is 0.182. The number of hydrogen-bond acceptors (Lipinski definition) is 2.